The number of carbonyl (C=O) groups is 1. The summed E-state index contributed by atoms with van der Waals surface area (Å²) in [4.78, 5) is 15.3. The van der Waals surface area contributed by atoms with Crippen LogP contribution in [0.3, 0.4) is 0 Å². The summed E-state index contributed by atoms with van der Waals surface area (Å²) in [6.07, 6.45) is 5.21. The zero-order chi connectivity index (χ0) is 16.2. The number of fused-ring (bicyclic) bond motifs is 1. The minimum absolute atomic E-state index is 0.156. The maximum atomic E-state index is 12.1. The molecule has 2 aromatic carbocycles. The van der Waals surface area contributed by atoms with Gasteiger partial charge in [-0.1, -0.05) is 18.2 Å². The van der Waals surface area contributed by atoms with Crippen LogP contribution < -0.4 is 10.1 Å². The van der Waals surface area contributed by atoms with Gasteiger partial charge in [-0.05, 0) is 42.8 Å². The number of methoxy groups -OCH3 is 1. The summed E-state index contributed by atoms with van der Waals surface area (Å²) in [7, 11) is 1.64. The number of anilines is 1. The number of benzene rings is 2. The number of hydrogen-bond acceptors (Lipinski definition) is 2. The smallest absolute Gasteiger partial charge is 0.248 e. The third-order valence-electron chi connectivity index (χ3n) is 3.74. The van der Waals surface area contributed by atoms with E-state index in [9.17, 15) is 4.79 Å². The van der Waals surface area contributed by atoms with Gasteiger partial charge in [-0.3, -0.25) is 4.79 Å². The molecule has 0 aliphatic heterocycles. The molecule has 3 aromatic rings. The van der Waals surface area contributed by atoms with Gasteiger partial charge in [-0.15, -0.1) is 0 Å². The number of rotatable bonds is 4. The zero-order valence-corrected chi connectivity index (χ0v) is 13.1. The van der Waals surface area contributed by atoms with E-state index in [4.69, 9.17) is 4.74 Å². The molecule has 0 aliphatic carbocycles. The van der Waals surface area contributed by atoms with Crippen LogP contribution in [0.2, 0.25) is 0 Å². The highest BCUT2D eigenvalue weighted by atomic mass is 16.5. The Morgan fingerprint density at radius 3 is 2.83 bits per heavy atom. The van der Waals surface area contributed by atoms with Crippen LogP contribution in [0.1, 0.15) is 11.1 Å². The van der Waals surface area contributed by atoms with Crippen LogP contribution in [0, 0.1) is 6.92 Å². The van der Waals surface area contributed by atoms with Crippen molar-refractivity contribution < 1.29 is 9.53 Å². The molecule has 0 unspecified atom stereocenters. The van der Waals surface area contributed by atoms with Gasteiger partial charge in [0.15, 0.2) is 0 Å². The molecule has 0 aliphatic rings. The minimum Gasteiger partial charge on any atom is -0.497 e. The Kier molecular flexibility index (Phi) is 4.15. The van der Waals surface area contributed by atoms with Crippen LogP contribution in [0.15, 0.2) is 54.7 Å². The van der Waals surface area contributed by atoms with Crippen LogP contribution in [0.25, 0.3) is 17.0 Å². The average Bonchev–Trinajstić information content (AvgIpc) is 2.97. The molecule has 0 saturated carbocycles. The highest BCUT2D eigenvalue weighted by Crippen LogP contribution is 2.24. The molecular weight excluding hydrogens is 288 g/mol. The fraction of sp³-hybridized carbons (Fsp3) is 0.105. The first-order valence-electron chi connectivity index (χ1n) is 7.37. The quantitative estimate of drug-likeness (QED) is 0.712. The molecule has 0 fully saturated rings. The lowest BCUT2D eigenvalue weighted by Crippen LogP contribution is -2.08. The predicted octanol–water partition coefficient (Wildman–Crippen LogP) is 4.14. The second-order valence-electron chi connectivity index (χ2n) is 5.29. The molecule has 4 nitrogen and oxygen atoms in total. The van der Waals surface area contributed by atoms with Gasteiger partial charge in [-0.2, -0.15) is 0 Å². The van der Waals surface area contributed by atoms with Crippen LogP contribution in [-0.4, -0.2) is 18.0 Å². The minimum atomic E-state index is -0.156. The molecule has 23 heavy (non-hydrogen) atoms. The molecule has 1 aromatic heterocycles. The normalized spacial score (nSPS) is 11.0. The van der Waals surface area contributed by atoms with E-state index >= 15 is 0 Å². The number of hydrogen-bond donors (Lipinski definition) is 2. The number of nitrogens with one attached hydrogen (secondary N) is 2. The molecule has 1 amide bonds. The van der Waals surface area contributed by atoms with Crippen molar-refractivity contribution in [3.63, 3.8) is 0 Å². The van der Waals surface area contributed by atoms with Crippen molar-refractivity contribution in [3.05, 3.63) is 65.9 Å². The SMILES string of the molecule is COc1ccc2[nH]cc(C=CC(=O)Nc3ccccc3C)c2c1. The first-order chi connectivity index (χ1) is 11.2. The van der Waals surface area contributed by atoms with Crippen molar-refractivity contribution in [2.45, 2.75) is 6.92 Å². The molecule has 2 N–H and O–H groups in total. The van der Waals surface area contributed by atoms with Gasteiger partial charge in [0.2, 0.25) is 5.91 Å². The number of carbonyl (C=O) groups excluding carboxylic acids is 1. The number of para-hydroxylation sites is 1. The summed E-state index contributed by atoms with van der Waals surface area (Å²) >= 11 is 0. The maximum absolute atomic E-state index is 12.1. The fourth-order valence-corrected chi connectivity index (χ4v) is 2.44. The van der Waals surface area contributed by atoms with Gasteiger partial charge >= 0.3 is 0 Å². The Morgan fingerprint density at radius 1 is 1.22 bits per heavy atom. The standard InChI is InChI=1S/C19H18N2O2/c1-13-5-3-4-6-17(13)21-19(22)10-7-14-12-20-18-9-8-15(23-2)11-16(14)18/h3-12,20H,1-2H3,(H,21,22). The second kappa shape index (κ2) is 6.40. The molecule has 0 atom stereocenters. The maximum Gasteiger partial charge on any atom is 0.248 e. The van der Waals surface area contributed by atoms with Crippen molar-refractivity contribution in [2.75, 3.05) is 12.4 Å². The highest BCUT2D eigenvalue weighted by molar-refractivity contribution is 6.03. The lowest BCUT2D eigenvalue weighted by Gasteiger charge is -2.05. The van der Waals surface area contributed by atoms with Crippen molar-refractivity contribution in [1.29, 1.82) is 0 Å². The Balaban J connectivity index is 1.80. The Labute approximate surface area is 134 Å². The van der Waals surface area contributed by atoms with Gasteiger partial charge in [0.05, 0.1) is 7.11 Å². The van der Waals surface area contributed by atoms with Crippen LogP contribution >= 0.6 is 0 Å². The number of aryl methyl sites for hydroxylation is 1. The van der Waals surface area contributed by atoms with E-state index in [1.54, 1.807) is 13.2 Å². The van der Waals surface area contributed by atoms with Crippen LogP contribution in [-0.2, 0) is 4.79 Å². The molecular formula is C19H18N2O2. The van der Waals surface area contributed by atoms with E-state index in [0.29, 0.717) is 0 Å². The first kappa shape index (κ1) is 14.9. The molecule has 116 valence electrons. The molecule has 0 spiro atoms. The third kappa shape index (κ3) is 3.26. The zero-order valence-electron chi connectivity index (χ0n) is 13.1. The van der Waals surface area contributed by atoms with E-state index in [2.05, 4.69) is 10.3 Å². The summed E-state index contributed by atoms with van der Waals surface area (Å²) in [5.74, 6) is 0.632. The van der Waals surface area contributed by atoms with Gasteiger partial charge in [0.1, 0.15) is 5.75 Å². The summed E-state index contributed by atoms with van der Waals surface area (Å²) in [6, 6.07) is 13.5. The van der Waals surface area contributed by atoms with Gasteiger partial charge in [-0.25, -0.2) is 0 Å². The number of amides is 1. The van der Waals surface area contributed by atoms with Crippen LogP contribution in [0.4, 0.5) is 5.69 Å². The molecule has 4 heteroatoms. The number of aromatic nitrogens is 1. The van der Waals surface area contributed by atoms with E-state index in [1.807, 2.05) is 55.6 Å². The molecule has 3 rings (SSSR count). The molecule has 0 saturated heterocycles. The van der Waals surface area contributed by atoms with E-state index in [-0.39, 0.29) is 5.91 Å². The van der Waals surface area contributed by atoms with Crippen molar-refractivity contribution in [1.82, 2.24) is 4.98 Å². The lowest BCUT2D eigenvalue weighted by atomic mass is 10.1. The first-order valence-corrected chi connectivity index (χ1v) is 7.37. The highest BCUT2D eigenvalue weighted by Gasteiger charge is 2.04. The van der Waals surface area contributed by atoms with Gasteiger partial charge in [0.25, 0.3) is 0 Å². The number of aromatic amines is 1. The monoisotopic (exact) mass is 306 g/mol. The number of ether oxygens (including phenoxy) is 1. The van der Waals surface area contributed by atoms with Crippen LogP contribution in [0.5, 0.6) is 5.75 Å². The number of H-pyrrole nitrogens is 1. The van der Waals surface area contributed by atoms with E-state index in [0.717, 1.165) is 33.5 Å². The summed E-state index contributed by atoms with van der Waals surface area (Å²) in [5, 5.41) is 3.90. The molecule has 1 heterocycles. The van der Waals surface area contributed by atoms with Crippen molar-refractivity contribution in [2.24, 2.45) is 0 Å². The average molecular weight is 306 g/mol. The Morgan fingerprint density at radius 2 is 2.04 bits per heavy atom. The summed E-state index contributed by atoms with van der Waals surface area (Å²) in [6.45, 7) is 1.96. The van der Waals surface area contributed by atoms with Gasteiger partial charge < -0.3 is 15.0 Å². The van der Waals surface area contributed by atoms with Crippen molar-refractivity contribution in [3.8, 4) is 5.75 Å². The second-order valence-corrected chi connectivity index (χ2v) is 5.29. The lowest BCUT2D eigenvalue weighted by molar-refractivity contribution is -0.111. The van der Waals surface area contributed by atoms with Gasteiger partial charge in [0, 0.05) is 34.4 Å². The van der Waals surface area contributed by atoms with E-state index in [1.165, 1.54) is 6.08 Å². The topological polar surface area (TPSA) is 54.1 Å². The van der Waals surface area contributed by atoms with E-state index < -0.39 is 0 Å². The summed E-state index contributed by atoms with van der Waals surface area (Å²) in [5.41, 5.74) is 3.80. The Bertz CT molecular complexity index is 878. The summed E-state index contributed by atoms with van der Waals surface area (Å²) < 4.78 is 5.25. The Hall–Kier alpha value is -3.01. The van der Waals surface area contributed by atoms with Crippen molar-refractivity contribution >= 4 is 28.6 Å². The fourth-order valence-electron chi connectivity index (χ4n) is 2.44. The molecule has 0 radical (unpaired) electrons. The third-order valence-corrected chi connectivity index (χ3v) is 3.74. The largest absolute Gasteiger partial charge is 0.497 e. The predicted molar refractivity (Wildman–Crippen MR) is 93.7 cm³/mol. The molecule has 0 bridgehead atoms.